The quantitative estimate of drug-likeness (QED) is 0.512. The standard InChI is InChI=1S/C24H28N2O5/c1-3-15-14-26-11-9-16(15)12-21(26)24(31-23(29)7-6-22(27)28)18-8-10-25-20-5-4-17(30-2)13-19(18)20/h3-5,8,10,13,15-16,21,24H,1,6-7,9,11-12,14H2,2H3,(H,27,28). The van der Waals surface area contributed by atoms with Crippen LogP contribution in [-0.4, -0.2) is 53.2 Å². The highest BCUT2D eigenvalue weighted by Gasteiger charge is 2.44. The maximum Gasteiger partial charge on any atom is 0.307 e. The van der Waals surface area contributed by atoms with E-state index >= 15 is 0 Å². The van der Waals surface area contributed by atoms with Crippen LogP contribution in [0.3, 0.4) is 0 Å². The normalized spacial score (nSPS) is 25.7. The summed E-state index contributed by atoms with van der Waals surface area (Å²) in [7, 11) is 1.61. The number of carboxylic acid groups (broad SMARTS) is 1. The Morgan fingerprint density at radius 1 is 1.35 bits per heavy atom. The number of carboxylic acids is 1. The van der Waals surface area contributed by atoms with Gasteiger partial charge in [-0.3, -0.25) is 19.5 Å². The number of methoxy groups -OCH3 is 1. The second-order valence-corrected chi connectivity index (χ2v) is 8.33. The van der Waals surface area contributed by atoms with Gasteiger partial charge in [-0.2, -0.15) is 0 Å². The Balaban J connectivity index is 1.71. The number of aliphatic carboxylic acids is 1. The first-order valence-electron chi connectivity index (χ1n) is 10.7. The highest BCUT2D eigenvalue weighted by atomic mass is 16.5. The predicted octanol–water partition coefficient (Wildman–Crippen LogP) is 3.59. The van der Waals surface area contributed by atoms with E-state index in [1.54, 1.807) is 13.3 Å². The number of hydrogen-bond acceptors (Lipinski definition) is 6. The molecule has 4 heterocycles. The number of rotatable bonds is 8. The van der Waals surface area contributed by atoms with Crippen LogP contribution in [0.1, 0.15) is 37.4 Å². The van der Waals surface area contributed by atoms with Crippen molar-refractivity contribution in [2.45, 2.75) is 37.8 Å². The minimum absolute atomic E-state index is 0.0283. The van der Waals surface area contributed by atoms with Crippen molar-refractivity contribution in [2.75, 3.05) is 20.2 Å². The Kier molecular flexibility index (Phi) is 6.23. The third-order valence-electron chi connectivity index (χ3n) is 6.59. The van der Waals surface area contributed by atoms with Crippen molar-refractivity contribution in [3.05, 3.63) is 48.7 Å². The number of aromatic nitrogens is 1. The summed E-state index contributed by atoms with van der Waals surface area (Å²) < 4.78 is 11.4. The summed E-state index contributed by atoms with van der Waals surface area (Å²) in [6.45, 7) is 5.84. The number of piperidine rings is 3. The molecule has 0 spiro atoms. The molecular weight excluding hydrogens is 396 g/mol. The molecule has 3 saturated heterocycles. The molecule has 1 aromatic carbocycles. The third kappa shape index (κ3) is 4.42. The van der Waals surface area contributed by atoms with Gasteiger partial charge in [-0.05, 0) is 55.5 Å². The number of nitrogens with zero attached hydrogens (tertiary/aromatic N) is 2. The van der Waals surface area contributed by atoms with Crippen LogP contribution in [0.25, 0.3) is 10.9 Å². The van der Waals surface area contributed by atoms with E-state index in [0.717, 1.165) is 42.4 Å². The Morgan fingerprint density at radius 3 is 2.87 bits per heavy atom. The smallest absolute Gasteiger partial charge is 0.307 e. The average molecular weight is 424 g/mol. The van der Waals surface area contributed by atoms with Crippen LogP contribution in [0.4, 0.5) is 0 Å². The maximum atomic E-state index is 12.6. The Hall–Kier alpha value is -2.93. The lowest BCUT2D eigenvalue weighted by molar-refractivity contribution is -0.159. The topological polar surface area (TPSA) is 89.0 Å². The number of pyridine rings is 1. The van der Waals surface area contributed by atoms with Gasteiger partial charge in [-0.25, -0.2) is 0 Å². The van der Waals surface area contributed by atoms with Crippen LogP contribution in [-0.2, 0) is 14.3 Å². The van der Waals surface area contributed by atoms with Gasteiger partial charge < -0.3 is 14.6 Å². The minimum atomic E-state index is -1.01. The average Bonchev–Trinajstić information content (AvgIpc) is 2.80. The zero-order valence-corrected chi connectivity index (χ0v) is 17.7. The largest absolute Gasteiger partial charge is 0.497 e. The number of fused-ring (bicyclic) bond motifs is 4. The molecule has 1 N–H and O–H groups in total. The number of hydrogen-bond donors (Lipinski definition) is 1. The molecule has 5 atom stereocenters. The summed E-state index contributed by atoms with van der Waals surface area (Å²) in [5, 5.41) is 9.83. The first kappa shape index (κ1) is 21.3. The molecule has 5 rings (SSSR count). The summed E-state index contributed by atoms with van der Waals surface area (Å²) in [5.74, 6) is 0.151. The Bertz CT molecular complexity index is 991. The third-order valence-corrected chi connectivity index (χ3v) is 6.59. The van der Waals surface area contributed by atoms with Gasteiger partial charge in [-0.1, -0.05) is 6.08 Å². The SMILES string of the molecule is C=CC1CN2CCC1CC2C(OC(=O)CCC(=O)O)c1ccnc2ccc(OC)cc12. The Labute approximate surface area is 181 Å². The van der Waals surface area contributed by atoms with Crippen LogP contribution in [0, 0.1) is 11.8 Å². The van der Waals surface area contributed by atoms with E-state index in [1.807, 2.05) is 30.3 Å². The van der Waals surface area contributed by atoms with Crippen molar-refractivity contribution in [1.29, 1.82) is 0 Å². The molecule has 7 nitrogen and oxygen atoms in total. The molecule has 31 heavy (non-hydrogen) atoms. The molecule has 7 heteroatoms. The number of carbonyl (C=O) groups is 2. The van der Waals surface area contributed by atoms with Gasteiger partial charge in [0, 0.05) is 23.7 Å². The highest BCUT2D eigenvalue weighted by Crippen LogP contribution is 2.43. The fourth-order valence-corrected chi connectivity index (χ4v) is 4.97. The molecule has 3 aliphatic rings. The van der Waals surface area contributed by atoms with Gasteiger partial charge >= 0.3 is 11.9 Å². The van der Waals surface area contributed by atoms with E-state index in [9.17, 15) is 9.59 Å². The highest BCUT2D eigenvalue weighted by molar-refractivity contribution is 5.84. The number of ether oxygens (including phenoxy) is 2. The van der Waals surface area contributed by atoms with Crippen LogP contribution in [0.15, 0.2) is 43.1 Å². The van der Waals surface area contributed by atoms with Gasteiger partial charge in [0.2, 0.25) is 0 Å². The minimum Gasteiger partial charge on any atom is -0.497 e. The fraction of sp³-hybridized carbons (Fsp3) is 0.458. The monoisotopic (exact) mass is 424 g/mol. The van der Waals surface area contributed by atoms with E-state index in [2.05, 4.69) is 16.5 Å². The molecule has 5 unspecified atom stereocenters. The van der Waals surface area contributed by atoms with E-state index in [0.29, 0.717) is 17.6 Å². The summed E-state index contributed by atoms with van der Waals surface area (Å²) in [5.41, 5.74) is 1.67. The second-order valence-electron chi connectivity index (χ2n) is 8.33. The molecule has 164 valence electrons. The molecule has 2 bridgehead atoms. The molecule has 0 amide bonds. The molecule has 3 fully saturated rings. The zero-order valence-electron chi connectivity index (χ0n) is 17.7. The first-order chi connectivity index (χ1) is 15.0. The fourth-order valence-electron chi connectivity index (χ4n) is 4.97. The van der Waals surface area contributed by atoms with Crippen LogP contribution >= 0.6 is 0 Å². The van der Waals surface area contributed by atoms with Crippen molar-refractivity contribution < 1.29 is 24.2 Å². The van der Waals surface area contributed by atoms with Gasteiger partial charge in [0.1, 0.15) is 11.9 Å². The molecule has 0 saturated carbocycles. The van der Waals surface area contributed by atoms with Gasteiger partial charge in [-0.15, -0.1) is 6.58 Å². The lowest BCUT2D eigenvalue weighted by Crippen LogP contribution is -2.55. The zero-order chi connectivity index (χ0) is 22.0. The molecule has 3 aliphatic heterocycles. The van der Waals surface area contributed by atoms with Crippen molar-refractivity contribution in [1.82, 2.24) is 9.88 Å². The lowest BCUT2D eigenvalue weighted by atomic mass is 9.73. The molecule has 0 aliphatic carbocycles. The van der Waals surface area contributed by atoms with Crippen LogP contribution in [0.2, 0.25) is 0 Å². The van der Waals surface area contributed by atoms with Gasteiger partial charge in [0.15, 0.2) is 0 Å². The number of benzene rings is 1. The Morgan fingerprint density at radius 2 is 2.19 bits per heavy atom. The molecule has 1 aromatic heterocycles. The predicted molar refractivity (Wildman–Crippen MR) is 116 cm³/mol. The van der Waals surface area contributed by atoms with Crippen molar-refractivity contribution in [2.24, 2.45) is 11.8 Å². The summed E-state index contributed by atoms with van der Waals surface area (Å²) in [6, 6.07) is 7.58. The van der Waals surface area contributed by atoms with Crippen molar-refractivity contribution in [3.8, 4) is 5.75 Å². The summed E-state index contributed by atoms with van der Waals surface area (Å²) in [6.07, 6.45) is 4.88. The van der Waals surface area contributed by atoms with Crippen LogP contribution in [0.5, 0.6) is 5.75 Å². The lowest BCUT2D eigenvalue weighted by Gasteiger charge is -2.51. The van der Waals surface area contributed by atoms with Crippen molar-refractivity contribution in [3.63, 3.8) is 0 Å². The number of carbonyl (C=O) groups excluding carboxylic acids is 1. The molecule has 0 radical (unpaired) electrons. The number of esters is 1. The molecular formula is C24H28N2O5. The van der Waals surface area contributed by atoms with Gasteiger partial charge in [0.05, 0.1) is 31.5 Å². The van der Waals surface area contributed by atoms with E-state index in [-0.39, 0.29) is 18.9 Å². The van der Waals surface area contributed by atoms with E-state index in [1.165, 1.54) is 0 Å². The second kappa shape index (κ2) is 9.06. The summed E-state index contributed by atoms with van der Waals surface area (Å²) in [4.78, 5) is 30.4. The van der Waals surface area contributed by atoms with Crippen molar-refractivity contribution >= 4 is 22.8 Å². The van der Waals surface area contributed by atoms with E-state index < -0.39 is 18.0 Å². The molecule has 2 aromatic rings. The van der Waals surface area contributed by atoms with Gasteiger partial charge in [0.25, 0.3) is 0 Å². The van der Waals surface area contributed by atoms with E-state index in [4.69, 9.17) is 14.6 Å². The maximum absolute atomic E-state index is 12.6. The first-order valence-corrected chi connectivity index (χ1v) is 10.7. The van der Waals surface area contributed by atoms with Crippen LogP contribution < -0.4 is 4.74 Å². The summed E-state index contributed by atoms with van der Waals surface area (Å²) >= 11 is 0.